The minimum atomic E-state index is -0.954. The molecule has 0 saturated carbocycles. The number of anilines is 1. The van der Waals surface area contributed by atoms with Gasteiger partial charge in [0, 0.05) is 24.6 Å². The van der Waals surface area contributed by atoms with E-state index in [0.717, 1.165) is 0 Å². The summed E-state index contributed by atoms with van der Waals surface area (Å²) >= 11 is 4.97. The highest BCUT2D eigenvalue weighted by Gasteiger charge is 2.01. The summed E-state index contributed by atoms with van der Waals surface area (Å²) in [5.74, 6) is -0.118. The van der Waals surface area contributed by atoms with Crippen molar-refractivity contribution in [3.8, 4) is 5.88 Å². The Labute approximate surface area is 85.0 Å². The van der Waals surface area contributed by atoms with Crippen LogP contribution >= 0.6 is 11.6 Å². The molecule has 5 nitrogen and oxygen atoms in total. The second-order valence-corrected chi connectivity index (χ2v) is 2.71. The van der Waals surface area contributed by atoms with Gasteiger partial charge in [0.1, 0.15) is 0 Å². The number of rotatable bonds is 2. The average Bonchev–Trinajstić information content (AvgIpc) is 2.06. The van der Waals surface area contributed by atoms with E-state index in [1.165, 1.54) is 19.2 Å². The van der Waals surface area contributed by atoms with Gasteiger partial charge in [-0.05, 0) is 6.07 Å². The Morgan fingerprint density at radius 3 is 2.64 bits per heavy atom. The highest BCUT2D eigenvalue weighted by Crippen LogP contribution is 2.12. The van der Waals surface area contributed by atoms with E-state index in [4.69, 9.17) is 11.6 Å². The standard InChI is InChI=1S/C8H7ClN2O3/c1-5(12)11-6-2-3-7(10-4-6)14-8(9)13/h2-4H,1H3,(H,11,12). The zero-order valence-electron chi connectivity index (χ0n) is 7.28. The predicted molar refractivity (Wildman–Crippen MR) is 50.4 cm³/mol. The van der Waals surface area contributed by atoms with Gasteiger partial charge in [0.2, 0.25) is 11.8 Å². The molecule has 0 aliphatic rings. The van der Waals surface area contributed by atoms with Crippen LogP contribution in [0, 0.1) is 0 Å². The molecular formula is C8H7ClN2O3. The Kier molecular flexibility index (Phi) is 3.41. The van der Waals surface area contributed by atoms with Crippen LogP contribution in [-0.4, -0.2) is 16.3 Å². The number of halogens is 1. The Hall–Kier alpha value is -1.62. The van der Waals surface area contributed by atoms with Crippen molar-refractivity contribution in [2.24, 2.45) is 0 Å². The normalized spacial score (nSPS) is 9.29. The fraction of sp³-hybridized carbons (Fsp3) is 0.125. The van der Waals surface area contributed by atoms with E-state index in [9.17, 15) is 9.59 Å². The van der Waals surface area contributed by atoms with E-state index in [0.29, 0.717) is 5.69 Å². The molecule has 1 rings (SSSR count). The molecule has 0 atom stereocenters. The van der Waals surface area contributed by atoms with Gasteiger partial charge in [-0.3, -0.25) is 4.79 Å². The SMILES string of the molecule is CC(=O)Nc1ccc(OC(=O)Cl)nc1. The summed E-state index contributed by atoms with van der Waals surface area (Å²) in [4.78, 5) is 24.7. The Bertz CT molecular complexity index is 315. The molecule has 0 bridgehead atoms. The molecule has 0 fully saturated rings. The molecule has 1 amide bonds. The van der Waals surface area contributed by atoms with Crippen LogP contribution in [0.5, 0.6) is 5.88 Å². The molecule has 0 radical (unpaired) electrons. The maximum absolute atomic E-state index is 10.6. The number of nitrogens with one attached hydrogen (secondary N) is 1. The zero-order valence-corrected chi connectivity index (χ0v) is 8.04. The van der Waals surface area contributed by atoms with Gasteiger partial charge in [0.05, 0.1) is 11.9 Å². The summed E-state index contributed by atoms with van der Waals surface area (Å²) < 4.78 is 4.48. The molecule has 74 valence electrons. The van der Waals surface area contributed by atoms with Crippen molar-refractivity contribution in [1.82, 2.24) is 4.98 Å². The molecule has 0 aromatic carbocycles. The van der Waals surface area contributed by atoms with Gasteiger partial charge in [-0.15, -0.1) is 0 Å². The summed E-state index contributed by atoms with van der Waals surface area (Å²) in [6.07, 6.45) is 1.36. The molecule has 0 aliphatic carbocycles. The van der Waals surface area contributed by atoms with Crippen LogP contribution in [0.4, 0.5) is 10.5 Å². The predicted octanol–water partition coefficient (Wildman–Crippen LogP) is 1.78. The van der Waals surface area contributed by atoms with E-state index in [1.54, 1.807) is 6.07 Å². The van der Waals surface area contributed by atoms with E-state index in [2.05, 4.69) is 15.0 Å². The third-order valence-corrected chi connectivity index (χ3v) is 1.32. The van der Waals surface area contributed by atoms with Gasteiger partial charge in [-0.2, -0.15) is 0 Å². The molecule has 0 unspecified atom stereocenters. The number of hydrogen-bond acceptors (Lipinski definition) is 4. The van der Waals surface area contributed by atoms with Crippen molar-refractivity contribution in [2.45, 2.75) is 6.92 Å². The first-order valence-electron chi connectivity index (χ1n) is 3.69. The first kappa shape index (κ1) is 10.5. The highest BCUT2D eigenvalue weighted by atomic mass is 35.5. The largest absolute Gasteiger partial charge is 0.410 e. The third kappa shape index (κ3) is 3.40. The van der Waals surface area contributed by atoms with Crippen LogP contribution < -0.4 is 10.1 Å². The minimum absolute atomic E-state index is 0.0825. The third-order valence-electron chi connectivity index (χ3n) is 1.24. The number of pyridine rings is 1. The lowest BCUT2D eigenvalue weighted by atomic mass is 10.4. The topological polar surface area (TPSA) is 68.3 Å². The summed E-state index contributed by atoms with van der Waals surface area (Å²) in [6, 6.07) is 2.97. The van der Waals surface area contributed by atoms with Crippen LogP contribution in [0.3, 0.4) is 0 Å². The number of aromatic nitrogens is 1. The quantitative estimate of drug-likeness (QED) is 0.762. The molecule has 1 heterocycles. The number of carbonyl (C=O) groups is 2. The van der Waals surface area contributed by atoms with Gasteiger partial charge in [-0.1, -0.05) is 0 Å². The molecule has 0 spiro atoms. The van der Waals surface area contributed by atoms with Crippen molar-refractivity contribution < 1.29 is 14.3 Å². The number of ether oxygens (including phenoxy) is 1. The number of amides is 1. The summed E-state index contributed by atoms with van der Waals surface area (Å²) in [5.41, 5.74) is -0.434. The summed E-state index contributed by atoms with van der Waals surface area (Å²) in [7, 11) is 0. The number of carbonyl (C=O) groups excluding carboxylic acids is 2. The van der Waals surface area contributed by atoms with Gasteiger partial charge in [0.25, 0.3) is 0 Å². The average molecular weight is 215 g/mol. The Morgan fingerprint density at radius 2 is 2.21 bits per heavy atom. The summed E-state index contributed by atoms with van der Waals surface area (Å²) in [6.45, 7) is 1.38. The van der Waals surface area contributed by atoms with Crippen LogP contribution in [0.25, 0.3) is 0 Å². The second-order valence-electron chi connectivity index (χ2n) is 2.41. The minimum Gasteiger partial charge on any atom is -0.395 e. The van der Waals surface area contributed by atoms with Crippen molar-refractivity contribution in [3.05, 3.63) is 18.3 Å². The fourth-order valence-corrected chi connectivity index (χ4v) is 0.879. The maximum Gasteiger partial charge on any atom is 0.410 e. The zero-order chi connectivity index (χ0) is 10.6. The molecule has 1 N–H and O–H groups in total. The lowest BCUT2D eigenvalue weighted by molar-refractivity contribution is -0.114. The van der Waals surface area contributed by atoms with E-state index >= 15 is 0 Å². The Balaban J connectivity index is 2.68. The highest BCUT2D eigenvalue weighted by molar-refractivity contribution is 6.61. The van der Waals surface area contributed by atoms with Crippen molar-refractivity contribution in [2.75, 3.05) is 5.32 Å². The van der Waals surface area contributed by atoms with E-state index in [1.807, 2.05) is 0 Å². The molecule has 6 heteroatoms. The molecular weight excluding hydrogens is 208 g/mol. The number of hydrogen-bond donors (Lipinski definition) is 1. The van der Waals surface area contributed by atoms with Crippen LogP contribution in [-0.2, 0) is 4.79 Å². The lowest BCUT2D eigenvalue weighted by Crippen LogP contribution is -2.06. The van der Waals surface area contributed by atoms with E-state index < -0.39 is 5.43 Å². The van der Waals surface area contributed by atoms with Crippen molar-refractivity contribution >= 4 is 28.6 Å². The number of nitrogens with zero attached hydrogens (tertiary/aromatic N) is 1. The van der Waals surface area contributed by atoms with Crippen LogP contribution in [0.1, 0.15) is 6.92 Å². The van der Waals surface area contributed by atoms with Gasteiger partial charge >= 0.3 is 5.43 Å². The maximum atomic E-state index is 10.6. The van der Waals surface area contributed by atoms with Crippen LogP contribution in [0.15, 0.2) is 18.3 Å². The fourth-order valence-electron chi connectivity index (χ4n) is 0.800. The molecule has 1 aromatic heterocycles. The van der Waals surface area contributed by atoms with Gasteiger partial charge in [0.15, 0.2) is 0 Å². The van der Waals surface area contributed by atoms with Crippen molar-refractivity contribution in [3.63, 3.8) is 0 Å². The molecule has 0 saturated heterocycles. The molecule has 14 heavy (non-hydrogen) atoms. The first-order chi connectivity index (χ1) is 6.58. The second kappa shape index (κ2) is 4.57. The van der Waals surface area contributed by atoms with Crippen LogP contribution in [0.2, 0.25) is 0 Å². The van der Waals surface area contributed by atoms with E-state index in [-0.39, 0.29) is 11.8 Å². The first-order valence-corrected chi connectivity index (χ1v) is 4.06. The molecule has 1 aromatic rings. The van der Waals surface area contributed by atoms with Gasteiger partial charge < -0.3 is 10.1 Å². The molecule has 0 aliphatic heterocycles. The lowest BCUT2D eigenvalue weighted by Gasteiger charge is -2.02. The smallest absolute Gasteiger partial charge is 0.395 e. The van der Waals surface area contributed by atoms with Gasteiger partial charge in [-0.25, -0.2) is 9.78 Å². The Morgan fingerprint density at radius 1 is 1.50 bits per heavy atom. The monoisotopic (exact) mass is 214 g/mol. The van der Waals surface area contributed by atoms with Crippen molar-refractivity contribution in [1.29, 1.82) is 0 Å². The summed E-state index contributed by atoms with van der Waals surface area (Å²) in [5, 5.41) is 2.51.